The Balaban J connectivity index is 1.56. The SMILES string of the molecule is COC12OCC3(C)C(O)(CO)C(CC4(C(COC(=O)c5ccccc5)CCC43O)C1O)O2. The van der Waals surface area contributed by atoms with Gasteiger partial charge in [-0.3, -0.25) is 0 Å². The van der Waals surface area contributed by atoms with Gasteiger partial charge < -0.3 is 39.4 Å². The monoisotopic (exact) mass is 450 g/mol. The molecule has 9 nitrogen and oxygen atoms in total. The van der Waals surface area contributed by atoms with Crippen LogP contribution in [0.4, 0.5) is 0 Å². The van der Waals surface area contributed by atoms with Crippen molar-refractivity contribution in [1.29, 1.82) is 0 Å². The van der Waals surface area contributed by atoms with Gasteiger partial charge in [-0.05, 0) is 31.4 Å². The van der Waals surface area contributed by atoms with E-state index in [-0.39, 0.29) is 26.1 Å². The average molecular weight is 450 g/mol. The second-order valence-electron chi connectivity index (χ2n) is 9.82. The van der Waals surface area contributed by atoms with Crippen LogP contribution in [0.15, 0.2) is 30.3 Å². The average Bonchev–Trinajstić information content (AvgIpc) is 3.05. The number of methoxy groups -OCH3 is 1. The number of hydrogen-bond acceptors (Lipinski definition) is 9. The molecule has 4 bridgehead atoms. The van der Waals surface area contributed by atoms with E-state index in [1.54, 1.807) is 37.3 Å². The van der Waals surface area contributed by atoms with Crippen LogP contribution in [0.2, 0.25) is 0 Å². The van der Waals surface area contributed by atoms with Gasteiger partial charge in [0.1, 0.15) is 11.7 Å². The summed E-state index contributed by atoms with van der Waals surface area (Å²) in [7, 11) is 1.32. The van der Waals surface area contributed by atoms with Crippen molar-refractivity contribution < 1.29 is 44.2 Å². The molecule has 2 saturated carbocycles. The first kappa shape index (κ1) is 22.2. The van der Waals surface area contributed by atoms with E-state index in [4.69, 9.17) is 18.9 Å². The molecule has 3 saturated heterocycles. The van der Waals surface area contributed by atoms with Gasteiger partial charge in [-0.25, -0.2) is 4.79 Å². The van der Waals surface area contributed by atoms with E-state index in [9.17, 15) is 25.2 Å². The van der Waals surface area contributed by atoms with Gasteiger partial charge in [0.15, 0.2) is 0 Å². The molecule has 8 atom stereocenters. The van der Waals surface area contributed by atoms with Gasteiger partial charge in [-0.1, -0.05) is 25.1 Å². The Morgan fingerprint density at radius 1 is 1.25 bits per heavy atom. The summed E-state index contributed by atoms with van der Waals surface area (Å²) in [5.74, 6) is -2.86. The van der Waals surface area contributed by atoms with Crippen molar-refractivity contribution in [2.75, 3.05) is 26.9 Å². The number of carbonyl (C=O) groups is 1. The molecule has 1 spiro atoms. The number of esters is 1. The third-order valence-electron chi connectivity index (χ3n) is 8.92. The molecule has 2 aliphatic carbocycles. The molecular formula is C23H30O9. The maximum atomic E-state index is 12.6. The molecule has 8 unspecified atom stereocenters. The van der Waals surface area contributed by atoms with Gasteiger partial charge in [-0.15, -0.1) is 0 Å². The number of ether oxygens (including phenoxy) is 4. The maximum absolute atomic E-state index is 12.6. The molecular weight excluding hydrogens is 420 g/mol. The van der Waals surface area contributed by atoms with Crippen LogP contribution < -0.4 is 0 Å². The molecule has 176 valence electrons. The largest absolute Gasteiger partial charge is 0.462 e. The minimum Gasteiger partial charge on any atom is -0.462 e. The number of benzene rings is 1. The molecule has 0 aromatic heterocycles. The van der Waals surface area contributed by atoms with Crippen molar-refractivity contribution in [3.63, 3.8) is 0 Å². The van der Waals surface area contributed by atoms with Gasteiger partial charge >= 0.3 is 11.9 Å². The highest BCUT2D eigenvalue weighted by atomic mass is 16.9. The summed E-state index contributed by atoms with van der Waals surface area (Å²) in [5.41, 5.74) is -5.64. The fraction of sp³-hybridized carbons (Fsp3) is 0.696. The van der Waals surface area contributed by atoms with Crippen molar-refractivity contribution in [2.24, 2.45) is 16.7 Å². The molecule has 0 radical (unpaired) electrons. The molecule has 32 heavy (non-hydrogen) atoms. The van der Waals surface area contributed by atoms with Gasteiger partial charge in [0.2, 0.25) is 0 Å². The first-order chi connectivity index (χ1) is 15.1. The van der Waals surface area contributed by atoms with Crippen LogP contribution in [0.5, 0.6) is 0 Å². The highest BCUT2D eigenvalue weighted by Gasteiger charge is 2.86. The Morgan fingerprint density at radius 2 is 1.97 bits per heavy atom. The van der Waals surface area contributed by atoms with E-state index in [1.165, 1.54) is 7.11 Å². The summed E-state index contributed by atoms with van der Waals surface area (Å²) in [6, 6.07) is 8.59. The Morgan fingerprint density at radius 3 is 2.62 bits per heavy atom. The van der Waals surface area contributed by atoms with Crippen LogP contribution in [-0.4, -0.2) is 82.7 Å². The van der Waals surface area contributed by atoms with E-state index < -0.39 is 58.7 Å². The predicted octanol–water partition coefficient (Wildman–Crippen LogP) is 0.194. The first-order valence-electron chi connectivity index (χ1n) is 11.0. The summed E-state index contributed by atoms with van der Waals surface area (Å²) in [4.78, 5) is 12.6. The fourth-order valence-electron chi connectivity index (χ4n) is 6.97. The minimum absolute atomic E-state index is 0.0345. The summed E-state index contributed by atoms with van der Waals surface area (Å²) < 4.78 is 22.9. The molecule has 3 aliphatic heterocycles. The summed E-state index contributed by atoms with van der Waals surface area (Å²) in [5, 5.41) is 45.5. The number of carbonyl (C=O) groups excluding carboxylic acids is 1. The first-order valence-corrected chi connectivity index (χ1v) is 11.0. The number of fused-ring (bicyclic) bond motifs is 1. The zero-order valence-electron chi connectivity index (χ0n) is 18.2. The fourth-order valence-corrected chi connectivity index (χ4v) is 6.97. The van der Waals surface area contributed by atoms with E-state index in [2.05, 4.69) is 0 Å². The van der Waals surface area contributed by atoms with Crippen LogP contribution in [0.1, 0.15) is 36.5 Å². The van der Waals surface area contributed by atoms with Crippen molar-refractivity contribution in [3.8, 4) is 0 Å². The predicted molar refractivity (Wildman–Crippen MR) is 108 cm³/mol. The van der Waals surface area contributed by atoms with Gasteiger partial charge in [0.25, 0.3) is 0 Å². The molecule has 4 N–H and O–H groups in total. The lowest BCUT2D eigenvalue weighted by atomic mass is 9.44. The normalized spacial score (nSPS) is 49.0. The molecule has 9 heteroatoms. The quantitative estimate of drug-likeness (QED) is 0.464. The van der Waals surface area contributed by atoms with Crippen LogP contribution in [-0.2, 0) is 18.9 Å². The molecule has 1 aromatic rings. The zero-order valence-corrected chi connectivity index (χ0v) is 18.2. The third-order valence-corrected chi connectivity index (χ3v) is 8.92. The van der Waals surface area contributed by atoms with Crippen molar-refractivity contribution in [2.45, 2.75) is 55.6 Å². The topological polar surface area (TPSA) is 135 Å². The summed E-state index contributed by atoms with van der Waals surface area (Å²) >= 11 is 0. The second-order valence-corrected chi connectivity index (χ2v) is 9.82. The zero-order chi connectivity index (χ0) is 23.0. The highest BCUT2D eigenvalue weighted by Crippen LogP contribution is 2.73. The van der Waals surface area contributed by atoms with E-state index in [0.717, 1.165) is 0 Å². The molecule has 5 aliphatic rings. The van der Waals surface area contributed by atoms with E-state index in [1.807, 2.05) is 0 Å². The smallest absolute Gasteiger partial charge is 0.338 e. The number of aliphatic hydroxyl groups is 4. The second kappa shape index (κ2) is 6.96. The summed E-state index contributed by atoms with van der Waals surface area (Å²) in [6.45, 7) is 0.766. The Labute approximate surface area is 185 Å². The van der Waals surface area contributed by atoms with Crippen molar-refractivity contribution in [3.05, 3.63) is 35.9 Å². The lowest BCUT2D eigenvalue weighted by Crippen LogP contribution is -2.82. The Hall–Kier alpha value is -1.59. The van der Waals surface area contributed by atoms with Gasteiger partial charge in [0.05, 0.1) is 42.5 Å². The maximum Gasteiger partial charge on any atom is 0.338 e. The third kappa shape index (κ3) is 2.34. The van der Waals surface area contributed by atoms with Crippen molar-refractivity contribution >= 4 is 5.97 Å². The van der Waals surface area contributed by atoms with E-state index in [0.29, 0.717) is 12.0 Å². The Kier molecular flexibility index (Phi) is 4.83. The minimum atomic E-state index is -1.92. The number of hydrogen-bond donors (Lipinski definition) is 4. The molecule has 1 aromatic carbocycles. The lowest BCUT2D eigenvalue weighted by Gasteiger charge is -2.67. The standard InChI is InChI=1S/C23H30O9/c1-19-13-31-23(29-2)18(26)20(10-16(32-23)21(19,27)12-24)15(8-9-22(19,20)28)11-30-17(25)14-6-4-3-5-7-14/h3-7,15-16,18,24,26-28H,8-13H2,1-2H3. The van der Waals surface area contributed by atoms with Crippen LogP contribution >= 0.6 is 0 Å². The number of rotatable bonds is 5. The van der Waals surface area contributed by atoms with Crippen LogP contribution in [0, 0.1) is 16.7 Å². The highest BCUT2D eigenvalue weighted by molar-refractivity contribution is 5.89. The van der Waals surface area contributed by atoms with Gasteiger partial charge in [0, 0.05) is 18.4 Å². The molecule has 6 rings (SSSR count). The molecule has 3 heterocycles. The van der Waals surface area contributed by atoms with E-state index >= 15 is 0 Å². The van der Waals surface area contributed by atoms with Crippen molar-refractivity contribution in [1.82, 2.24) is 0 Å². The van der Waals surface area contributed by atoms with Crippen LogP contribution in [0.25, 0.3) is 0 Å². The molecule has 5 fully saturated rings. The molecule has 0 amide bonds. The Bertz CT molecular complexity index is 910. The van der Waals surface area contributed by atoms with Crippen LogP contribution in [0.3, 0.4) is 0 Å². The van der Waals surface area contributed by atoms with Gasteiger partial charge in [-0.2, -0.15) is 0 Å². The summed E-state index contributed by atoms with van der Waals surface area (Å²) in [6.07, 6.45) is -1.64. The lowest BCUT2D eigenvalue weighted by molar-refractivity contribution is -0.466. The number of aliphatic hydroxyl groups excluding tert-OH is 2.